The van der Waals surface area contributed by atoms with Gasteiger partial charge in [-0.2, -0.15) is 0 Å². The number of pyridine rings is 6. The van der Waals surface area contributed by atoms with Gasteiger partial charge in [0.25, 0.3) is 17.7 Å². The van der Waals surface area contributed by atoms with E-state index in [2.05, 4.69) is 76.1 Å². The number of anilines is 3. The molecule has 3 aromatic carbocycles. The second-order valence-corrected chi connectivity index (χ2v) is 18.1. The molecule has 0 radical (unpaired) electrons. The van der Waals surface area contributed by atoms with Gasteiger partial charge >= 0.3 is 0 Å². The maximum atomic E-state index is 13.0. The van der Waals surface area contributed by atoms with Gasteiger partial charge in [0.15, 0.2) is 5.82 Å². The summed E-state index contributed by atoms with van der Waals surface area (Å²) in [6, 6.07) is 28.5. The molecule has 0 aliphatic rings. The minimum absolute atomic E-state index is 0. The number of fused-ring (bicyclic) bond motifs is 15. The Morgan fingerprint density at radius 3 is 1.21 bits per heavy atom. The van der Waals surface area contributed by atoms with Crippen molar-refractivity contribution in [3.63, 3.8) is 0 Å². The number of hydrogen-bond acceptors (Lipinski definition) is 15. The molecule has 14 rings (SSSR count). The molecular formula is C58H44N18O3Ru. The van der Waals surface area contributed by atoms with Crippen LogP contribution < -0.4 is 21.3 Å². The fraction of sp³-hybridized carbons (Fsp3) is 0.0690. The van der Waals surface area contributed by atoms with Crippen LogP contribution >= 0.6 is 0 Å². The summed E-state index contributed by atoms with van der Waals surface area (Å²) < 4.78 is 4.84. The minimum Gasteiger partial charge on any atom is -0.367 e. The predicted octanol–water partition coefficient (Wildman–Crippen LogP) is 8.95. The van der Waals surface area contributed by atoms with Gasteiger partial charge in [-0.25, -0.2) is 4.98 Å². The van der Waals surface area contributed by atoms with Crippen LogP contribution in [-0.4, -0.2) is 92.9 Å². The Labute approximate surface area is 466 Å². The monoisotopic (exact) mass is 1140 g/mol. The number of imidazole rings is 1. The molecule has 21 nitrogen and oxygen atoms in total. The topological polar surface area (TPSA) is 256 Å². The Hall–Kier alpha value is -10.6. The van der Waals surface area contributed by atoms with Crippen LogP contribution in [0.4, 0.5) is 17.1 Å². The van der Waals surface area contributed by atoms with Crippen molar-refractivity contribution in [1.82, 2.24) is 73.8 Å². The molecule has 0 unspecified atom stereocenters. The molecule has 0 bridgehead atoms. The number of rotatable bonds is 8. The Morgan fingerprint density at radius 2 is 0.775 bits per heavy atom. The van der Waals surface area contributed by atoms with Crippen LogP contribution in [-0.2, 0) is 40.6 Å². The summed E-state index contributed by atoms with van der Waals surface area (Å²) in [5.41, 5.74) is 11.0. The van der Waals surface area contributed by atoms with E-state index in [1.807, 2.05) is 78.9 Å². The van der Waals surface area contributed by atoms with Gasteiger partial charge in [-0.3, -0.25) is 64.2 Å². The van der Waals surface area contributed by atoms with Crippen molar-refractivity contribution in [1.29, 1.82) is 0 Å². The molecule has 14 aromatic rings. The zero-order chi connectivity index (χ0) is 54.0. The molecular weight excluding hydrogens is 1100 g/mol. The molecule has 22 heteroatoms. The van der Waals surface area contributed by atoms with E-state index < -0.39 is 5.91 Å². The van der Waals surface area contributed by atoms with E-state index in [4.69, 9.17) is 0 Å². The summed E-state index contributed by atoms with van der Waals surface area (Å²) in [6.45, 7) is 0.164. The summed E-state index contributed by atoms with van der Waals surface area (Å²) in [6.07, 6.45) is 23.9. The molecule has 392 valence electrons. The van der Waals surface area contributed by atoms with Gasteiger partial charge in [0.05, 0.1) is 73.2 Å². The van der Waals surface area contributed by atoms with Crippen LogP contribution in [0.2, 0.25) is 0 Å². The standard InChI is InChI=1S/C30H28N10O3.2C14H8N4.Ru/c1-38-11-10-33-27(38)30(43)37-20-14-24(40(3)16-20)29(42)36-19-13-23(39(2)15-19)28(41)35-17-34-22-12-18-6-4-8-31-25(18)26-21(22)7-5-9-32-26;2*1-3-9-11(15-5-1)12-10(4-2-6-16-12)14-13(9)17-7-8-18-14;/h4-16,34H,17H2,1-3H3,(H,35,41)(H,36,42)(H,37,43);2*1-8H;. The van der Waals surface area contributed by atoms with E-state index >= 15 is 0 Å². The quantitative estimate of drug-likeness (QED) is 0.0629. The second kappa shape index (κ2) is 22.2. The largest absolute Gasteiger partial charge is 0.367 e. The van der Waals surface area contributed by atoms with Gasteiger partial charge in [0, 0.05) is 165 Å². The predicted molar refractivity (Wildman–Crippen MR) is 303 cm³/mol. The molecule has 11 heterocycles. The molecule has 0 saturated carbocycles. The molecule has 0 atom stereocenters. The molecule has 0 aliphatic heterocycles. The van der Waals surface area contributed by atoms with Crippen molar-refractivity contribution in [3.05, 3.63) is 195 Å². The minimum atomic E-state index is -0.398. The fourth-order valence-corrected chi connectivity index (χ4v) is 9.52. The van der Waals surface area contributed by atoms with E-state index in [9.17, 15) is 14.4 Å². The summed E-state index contributed by atoms with van der Waals surface area (Å²) >= 11 is 0. The third kappa shape index (κ3) is 9.88. The van der Waals surface area contributed by atoms with E-state index in [1.165, 1.54) is 6.20 Å². The summed E-state index contributed by atoms with van der Waals surface area (Å²) in [7, 11) is 5.15. The zero-order valence-corrected chi connectivity index (χ0v) is 44.5. The van der Waals surface area contributed by atoms with Crippen molar-refractivity contribution in [2.45, 2.75) is 0 Å². The van der Waals surface area contributed by atoms with E-state index in [-0.39, 0.29) is 43.8 Å². The Kier molecular flexibility index (Phi) is 14.3. The number of aromatic nitrogens is 14. The Balaban J connectivity index is 0.000000148. The number of nitrogens with zero attached hydrogens (tertiary/aromatic N) is 14. The number of hydrogen-bond donors (Lipinski definition) is 4. The molecule has 0 spiro atoms. The Morgan fingerprint density at radius 1 is 0.400 bits per heavy atom. The smallest absolute Gasteiger partial charge is 0.291 e. The first-order valence-corrected chi connectivity index (χ1v) is 24.7. The van der Waals surface area contributed by atoms with Crippen LogP contribution in [0.3, 0.4) is 0 Å². The van der Waals surface area contributed by atoms with Crippen molar-refractivity contribution in [3.8, 4) is 0 Å². The summed E-state index contributed by atoms with van der Waals surface area (Å²) in [5, 5.41) is 17.5. The van der Waals surface area contributed by atoms with Crippen molar-refractivity contribution in [2.75, 3.05) is 22.6 Å². The molecule has 4 N–H and O–H groups in total. The van der Waals surface area contributed by atoms with Gasteiger partial charge in [-0.05, 0) is 84.9 Å². The molecule has 80 heavy (non-hydrogen) atoms. The van der Waals surface area contributed by atoms with Crippen LogP contribution in [0.25, 0.3) is 87.5 Å². The first-order chi connectivity index (χ1) is 38.7. The van der Waals surface area contributed by atoms with Gasteiger partial charge in [0.1, 0.15) is 11.4 Å². The van der Waals surface area contributed by atoms with E-state index in [0.717, 1.165) is 93.2 Å². The van der Waals surface area contributed by atoms with Gasteiger partial charge < -0.3 is 35.0 Å². The van der Waals surface area contributed by atoms with Crippen LogP contribution in [0.1, 0.15) is 31.6 Å². The number of nitrogens with one attached hydrogen (secondary N) is 4. The molecule has 0 saturated heterocycles. The van der Waals surface area contributed by atoms with Gasteiger partial charge in [-0.1, -0.05) is 6.07 Å². The number of amides is 3. The Bertz CT molecular complexity index is 4100. The number of carbonyl (C=O) groups excluding carboxylic acids is 3. The first-order valence-electron chi connectivity index (χ1n) is 24.7. The van der Waals surface area contributed by atoms with E-state index in [1.54, 1.807) is 128 Å². The third-order valence-electron chi connectivity index (χ3n) is 13.1. The first kappa shape index (κ1) is 51.5. The average molecular weight is 1140 g/mol. The molecule has 0 fully saturated rings. The average Bonchev–Trinajstić information content (AvgIpc) is 4.33. The maximum absolute atomic E-state index is 13.0. The zero-order valence-electron chi connectivity index (χ0n) is 42.8. The van der Waals surface area contributed by atoms with Crippen LogP contribution in [0.15, 0.2) is 178 Å². The van der Waals surface area contributed by atoms with Crippen LogP contribution in [0.5, 0.6) is 0 Å². The summed E-state index contributed by atoms with van der Waals surface area (Å²) in [5.74, 6) is -0.857. The normalized spacial score (nSPS) is 11.0. The van der Waals surface area contributed by atoms with Gasteiger partial charge in [-0.15, -0.1) is 0 Å². The second-order valence-electron chi connectivity index (χ2n) is 18.1. The number of aryl methyl sites for hydroxylation is 3. The number of benzene rings is 3. The van der Waals surface area contributed by atoms with E-state index in [0.29, 0.717) is 22.8 Å². The third-order valence-corrected chi connectivity index (χ3v) is 13.1. The fourth-order valence-electron chi connectivity index (χ4n) is 9.52. The molecule has 3 amide bonds. The SMILES string of the molecule is Cn1cc(NC(=O)c2cc(NC(=O)c3nccn3C)cn2C)cc1C(=O)NCNc1cc2cccnc2c2ncccc12.[Ru].c1cnc2c(c1)c1nccnc1c1cccnc12.c1cnc2c(c1)c1nccnc1c1cccnc12. The summed E-state index contributed by atoms with van der Waals surface area (Å²) in [4.78, 5) is 87.0. The maximum Gasteiger partial charge on any atom is 0.291 e. The van der Waals surface area contributed by atoms with Gasteiger partial charge in [0.2, 0.25) is 0 Å². The molecule has 0 aliphatic carbocycles. The molecule has 11 aromatic heterocycles. The number of carbonyl (C=O) groups is 3. The van der Waals surface area contributed by atoms with Crippen molar-refractivity contribution in [2.24, 2.45) is 21.1 Å². The van der Waals surface area contributed by atoms with Crippen molar-refractivity contribution < 1.29 is 33.9 Å². The van der Waals surface area contributed by atoms with Crippen LogP contribution in [0, 0.1) is 0 Å². The van der Waals surface area contributed by atoms with Crippen molar-refractivity contribution >= 4 is 122 Å².